The molecule has 0 amide bonds. The van der Waals surface area contributed by atoms with Gasteiger partial charge in [0.05, 0.1) is 0 Å². The third kappa shape index (κ3) is 4.63. The third-order valence-corrected chi connectivity index (χ3v) is 2.91. The highest BCUT2D eigenvalue weighted by molar-refractivity contribution is 5.07. The van der Waals surface area contributed by atoms with E-state index in [1.807, 2.05) is 0 Å². The Labute approximate surface area is 94.3 Å². The average molecular weight is 208 g/mol. The average Bonchev–Trinajstić information content (AvgIpc) is 2.11. The molecule has 1 aliphatic heterocycles. The zero-order valence-electron chi connectivity index (χ0n) is 10.4. The molecule has 0 aliphatic carbocycles. The summed E-state index contributed by atoms with van der Waals surface area (Å²) in [6.45, 7) is 7.63. The number of likely N-dealkylation sites (N-methyl/N-ethyl adjacent to an activating group) is 1. The Hall–Kier alpha value is -0.600. The van der Waals surface area contributed by atoms with E-state index in [0.717, 1.165) is 25.3 Å². The van der Waals surface area contributed by atoms with Crippen LogP contribution in [0, 0.1) is 5.92 Å². The second-order valence-electron chi connectivity index (χ2n) is 4.85. The standard InChI is InChI=1S/C13H24N2/c1-12(13-10-15(4)11-13)8-6-5-7-9-14(2)3/h5,7,13H,1,6,8-11H2,2-4H3. The first-order chi connectivity index (χ1) is 7.09. The van der Waals surface area contributed by atoms with Crippen LogP contribution >= 0.6 is 0 Å². The van der Waals surface area contributed by atoms with E-state index in [0.29, 0.717) is 0 Å². The Kier molecular flexibility index (Phi) is 5.06. The Morgan fingerprint density at radius 3 is 2.60 bits per heavy atom. The van der Waals surface area contributed by atoms with Crippen molar-refractivity contribution in [3.63, 3.8) is 0 Å². The summed E-state index contributed by atoms with van der Waals surface area (Å²) < 4.78 is 0. The lowest BCUT2D eigenvalue weighted by Gasteiger charge is -2.37. The molecule has 1 aliphatic rings. The van der Waals surface area contributed by atoms with Gasteiger partial charge >= 0.3 is 0 Å². The van der Waals surface area contributed by atoms with Gasteiger partial charge in [-0.05, 0) is 34.0 Å². The minimum absolute atomic E-state index is 0.761. The largest absolute Gasteiger partial charge is 0.306 e. The van der Waals surface area contributed by atoms with Crippen LogP contribution < -0.4 is 0 Å². The molecule has 0 radical (unpaired) electrons. The summed E-state index contributed by atoms with van der Waals surface area (Å²) in [6.07, 6.45) is 6.81. The second-order valence-corrected chi connectivity index (χ2v) is 4.85. The molecule has 0 N–H and O–H groups in total. The number of allylic oxidation sites excluding steroid dienone is 1. The molecule has 0 spiro atoms. The smallest absolute Gasteiger partial charge is 0.0157 e. The molecule has 0 saturated carbocycles. The van der Waals surface area contributed by atoms with E-state index in [-0.39, 0.29) is 0 Å². The summed E-state index contributed by atoms with van der Waals surface area (Å²) in [7, 11) is 6.35. The van der Waals surface area contributed by atoms with Gasteiger partial charge in [-0.3, -0.25) is 0 Å². The fourth-order valence-electron chi connectivity index (χ4n) is 1.83. The van der Waals surface area contributed by atoms with Crippen LogP contribution in [-0.2, 0) is 0 Å². The summed E-state index contributed by atoms with van der Waals surface area (Å²) in [4.78, 5) is 4.52. The van der Waals surface area contributed by atoms with Crippen molar-refractivity contribution in [2.75, 3.05) is 40.8 Å². The summed E-state index contributed by atoms with van der Waals surface area (Å²) in [5, 5.41) is 0. The van der Waals surface area contributed by atoms with Gasteiger partial charge in [0.15, 0.2) is 0 Å². The van der Waals surface area contributed by atoms with E-state index < -0.39 is 0 Å². The fraction of sp³-hybridized carbons (Fsp3) is 0.692. The minimum atomic E-state index is 0.761. The number of nitrogens with zero attached hydrogens (tertiary/aromatic N) is 2. The Morgan fingerprint density at radius 2 is 2.07 bits per heavy atom. The van der Waals surface area contributed by atoms with Crippen LogP contribution in [0.25, 0.3) is 0 Å². The van der Waals surface area contributed by atoms with Gasteiger partial charge in [0.2, 0.25) is 0 Å². The topological polar surface area (TPSA) is 6.48 Å². The van der Waals surface area contributed by atoms with Crippen LogP contribution in [0.15, 0.2) is 24.3 Å². The molecule has 1 heterocycles. The molecule has 2 nitrogen and oxygen atoms in total. The van der Waals surface area contributed by atoms with Crippen molar-refractivity contribution in [3.05, 3.63) is 24.3 Å². The predicted octanol–water partition coefficient (Wildman–Crippen LogP) is 2.00. The SMILES string of the molecule is C=C(CCC=CCN(C)C)C1CN(C)C1. The Balaban J connectivity index is 2.05. The highest BCUT2D eigenvalue weighted by atomic mass is 15.2. The Bertz CT molecular complexity index is 225. The van der Waals surface area contributed by atoms with Gasteiger partial charge in [-0.15, -0.1) is 0 Å². The van der Waals surface area contributed by atoms with Crippen molar-refractivity contribution in [1.29, 1.82) is 0 Å². The number of hydrogen-bond acceptors (Lipinski definition) is 2. The van der Waals surface area contributed by atoms with E-state index in [9.17, 15) is 0 Å². The van der Waals surface area contributed by atoms with Crippen molar-refractivity contribution in [1.82, 2.24) is 9.80 Å². The first kappa shape index (κ1) is 12.5. The lowest BCUT2D eigenvalue weighted by molar-refractivity contribution is 0.159. The molecule has 2 heteroatoms. The monoisotopic (exact) mass is 208 g/mol. The normalized spacial score (nSPS) is 18.7. The van der Waals surface area contributed by atoms with Gasteiger partial charge in [0, 0.05) is 25.6 Å². The number of hydrogen-bond donors (Lipinski definition) is 0. The quantitative estimate of drug-likeness (QED) is 0.616. The van der Waals surface area contributed by atoms with E-state index in [4.69, 9.17) is 0 Å². The molecule has 0 bridgehead atoms. The van der Waals surface area contributed by atoms with Gasteiger partial charge < -0.3 is 9.80 Å². The maximum atomic E-state index is 4.17. The van der Waals surface area contributed by atoms with Crippen LogP contribution in [0.3, 0.4) is 0 Å². The molecule has 1 rings (SSSR count). The van der Waals surface area contributed by atoms with Crippen molar-refractivity contribution >= 4 is 0 Å². The van der Waals surface area contributed by atoms with Crippen molar-refractivity contribution in [2.45, 2.75) is 12.8 Å². The molecule has 0 aromatic rings. The maximum Gasteiger partial charge on any atom is 0.0157 e. The summed E-state index contributed by atoms with van der Waals surface area (Å²) in [5.74, 6) is 0.761. The second kappa shape index (κ2) is 6.09. The number of likely N-dealkylation sites (tertiary alicyclic amines) is 1. The maximum absolute atomic E-state index is 4.17. The molecule has 0 aromatic heterocycles. The molecular weight excluding hydrogens is 184 g/mol. The molecule has 15 heavy (non-hydrogen) atoms. The first-order valence-electron chi connectivity index (χ1n) is 5.75. The van der Waals surface area contributed by atoms with Crippen LogP contribution in [0.4, 0.5) is 0 Å². The van der Waals surface area contributed by atoms with Crippen LogP contribution in [0.5, 0.6) is 0 Å². The zero-order valence-corrected chi connectivity index (χ0v) is 10.4. The van der Waals surface area contributed by atoms with E-state index in [1.165, 1.54) is 18.7 Å². The predicted molar refractivity (Wildman–Crippen MR) is 67.1 cm³/mol. The molecule has 0 aromatic carbocycles. The lowest BCUT2D eigenvalue weighted by atomic mass is 9.90. The van der Waals surface area contributed by atoms with Crippen LogP contribution in [0.2, 0.25) is 0 Å². The van der Waals surface area contributed by atoms with Gasteiger partial charge in [-0.2, -0.15) is 0 Å². The number of rotatable bonds is 6. The van der Waals surface area contributed by atoms with Crippen molar-refractivity contribution < 1.29 is 0 Å². The zero-order chi connectivity index (χ0) is 11.3. The van der Waals surface area contributed by atoms with Gasteiger partial charge in [-0.25, -0.2) is 0 Å². The summed E-state index contributed by atoms with van der Waals surface area (Å²) in [5.41, 5.74) is 1.43. The molecule has 0 atom stereocenters. The third-order valence-electron chi connectivity index (χ3n) is 2.91. The Morgan fingerprint density at radius 1 is 1.40 bits per heavy atom. The van der Waals surface area contributed by atoms with E-state index >= 15 is 0 Å². The van der Waals surface area contributed by atoms with E-state index in [2.05, 4.69) is 49.7 Å². The molecule has 0 unspecified atom stereocenters. The molecular formula is C13H24N2. The highest BCUT2D eigenvalue weighted by Gasteiger charge is 2.24. The van der Waals surface area contributed by atoms with Crippen LogP contribution in [-0.4, -0.2) is 50.6 Å². The summed E-state index contributed by atoms with van der Waals surface area (Å²) in [6, 6.07) is 0. The van der Waals surface area contributed by atoms with Crippen molar-refractivity contribution in [3.8, 4) is 0 Å². The van der Waals surface area contributed by atoms with Crippen molar-refractivity contribution in [2.24, 2.45) is 5.92 Å². The molecule has 1 saturated heterocycles. The molecule has 1 fully saturated rings. The molecule has 86 valence electrons. The lowest BCUT2D eigenvalue weighted by Crippen LogP contribution is -2.44. The van der Waals surface area contributed by atoms with Gasteiger partial charge in [0.1, 0.15) is 0 Å². The van der Waals surface area contributed by atoms with Crippen LogP contribution in [0.1, 0.15) is 12.8 Å². The first-order valence-corrected chi connectivity index (χ1v) is 5.75. The summed E-state index contributed by atoms with van der Waals surface area (Å²) >= 11 is 0. The highest BCUT2D eigenvalue weighted by Crippen LogP contribution is 2.23. The fourth-order valence-corrected chi connectivity index (χ4v) is 1.83. The van der Waals surface area contributed by atoms with Gasteiger partial charge in [-0.1, -0.05) is 24.3 Å². The van der Waals surface area contributed by atoms with Gasteiger partial charge in [0.25, 0.3) is 0 Å². The van der Waals surface area contributed by atoms with E-state index in [1.54, 1.807) is 0 Å². The minimum Gasteiger partial charge on any atom is -0.306 e.